The van der Waals surface area contributed by atoms with Gasteiger partial charge in [-0.15, -0.1) is 12.4 Å². The molecule has 0 atom stereocenters. The largest absolute Gasteiger partial charge is 0.343 e. The van der Waals surface area contributed by atoms with Crippen molar-refractivity contribution in [2.45, 2.75) is 6.92 Å². The fraction of sp³-hybridized carbons (Fsp3) is 0.158. The molecule has 146 valence electrons. The van der Waals surface area contributed by atoms with E-state index < -0.39 is 11.8 Å². The first-order valence-electron chi connectivity index (χ1n) is 8.31. The molecule has 28 heavy (non-hydrogen) atoms. The van der Waals surface area contributed by atoms with Gasteiger partial charge in [0.05, 0.1) is 23.5 Å². The highest BCUT2D eigenvalue weighted by Gasteiger charge is 2.18. The van der Waals surface area contributed by atoms with Crippen molar-refractivity contribution in [3.8, 4) is 5.69 Å². The van der Waals surface area contributed by atoms with Gasteiger partial charge < -0.3 is 10.6 Å². The molecule has 0 saturated carbocycles. The zero-order valence-electron chi connectivity index (χ0n) is 15.4. The maximum absolute atomic E-state index is 12.7. The van der Waals surface area contributed by atoms with Crippen molar-refractivity contribution < 1.29 is 9.59 Å². The van der Waals surface area contributed by atoms with Crippen molar-refractivity contribution in [1.82, 2.24) is 19.7 Å². The van der Waals surface area contributed by atoms with Gasteiger partial charge in [0.25, 0.3) is 11.5 Å². The number of amides is 2. The van der Waals surface area contributed by atoms with E-state index in [4.69, 9.17) is 0 Å². The molecule has 0 unspecified atom stereocenters. The van der Waals surface area contributed by atoms with Crippen LogP contribution < -0.4 is 16.2 Å². The van der Waals surface area contributed by atoms with E-state index in [2.05, 4.69) is 15.6 Å². The third-order valence-electron chi connectivity index (χ3n) is 4.15. The Kier molecular flexibility index (Phi) is 6.73. The van der Waals surface area contributed by atoms with Crippen LogP contribution in [0.4, 0.5) is 5.69 Å². The standard InChI is InChI=1S/C19H19N5O3.ClH/c1-13-17(19(27)24(23(13)2)15-8-4-3-5-9-15)22-16(25)12-21-18(26)14-7-6-10-20-11-14;/h3-11H,12H2,1-2H3,(H,21,26)(H,22,25);1H. The van der Waals surface area contributed by atoms with Gasteiger partial charge in [-0.05, 0) is 31.2 Å². The highest BCUT2D eigenvalue weighted by atomic mass is 35.5. The monoisotopic (exact) mass is 401 g/mol. The van der Waals surface area contributed by atoms with Crippen molar-refractivity contribution in [3.05, 3.63) is 76.5 Å². The first kappa shape index (κ1) is 20.9. The number of rotatable bonds is 5. The Morgan fingerprint density at radius 1 is 1.11 bits per heavy atom. The van der Waals surface area contributed by atoms with Gasteiger partial charge in [-0.25, -0.2) is 4.68 Å². The first-order chi connectivity index (χ1) is 13.0. The Bertz CT molecular complexity index is 1030. The van der Waals surface area contributed by atoms with E-state index in [1.165, 1.54) is 10.9 Å². The van der Waals surface area contributed by atoms with Crippen LogP contribution >= 0.6 is 12.4 Å². The van der Waals surface area contributed by atoms with Crippen LogP contribution in [-0.4, -0.2) is 32.7 Å². The van der Waals surface area contributed by atoms with E-state index in [0.29, 0.717) is 16.9 Å². The molecule has 2 amide bonds. The minimum Gasteiger partial charge on any atom is -0.343 e. The summed E-state index contributed by atoms with van der Waals surface area (Å²) in [6.07, 6.45) is 2.96. The molecule has 9 heteroatoms. The van der Waals surface area contributed by atoms with E-state index in [9.17, 15) is 14.4 Å². The number of para-hydroxylation sites is 1. The fourth-order valence-electron chi connectivity index (χ4n) is 2.66. The number of anilines is 1. The van der Waals surface area contributed by atoms with Crippen LogP contribution in [0.5, 0.6) is 0 Å². The second-order valence-corrected chi connectivity index (χ2v) is 5.91. The van der Waals surface area contributed by atoms with E-state index in [1.807, 2.05) is 18.2 Å². The van der Waals surface area contributed by atoms with Gasteiger partial charge in [-0.3, -0.25) is 24.0 Å². The Balaban J connectivity index is 0.00000280. The zero-order valence-corrected chi connectivity index (χ0v) is 16.2. The van der Waals surface area contributed by atoms with Crippen LogP contribution in [0.2, 0.25) is 0 Å². The molecule has 0 bridgehead atoms. The molecular weight excluding hydrogens is 382 g/mol. The number of hydrogen-bond donors (Lipinski definition) is 2. The maximum atomic E-state index is 12.7. The average molecular weight is 402 g/mol. The number of benzene rings is 1. The number of halogens is 1. The van der Waals surface area contributed by atoms with E-state index in [-0.39, 0.29) is 30.2 Å². The second-order valence-electron chi connectivity index (χ2n) is 5.91. The van der Waals surface area contributed by atoms with Crippen LogP contribution in [0.3, 0.4) is 0 Å². The van der Waals surface area contributed by atoms with Crippen molar-refractivity contribution >= 4 is 29.9 Å². The molecule has 0 fully saturated rings. The summed E-state index contributed by atoms with van der Waals surface area (Å²) < 4.78 is 3.14. The molecule has 2 heterocycles. The normalized spacial score (nSPS) is 10.1. The highest BCUT2D eigenvalue weighted by Crippen LogP contribution is 2.13. The summed E-state index contributed by atoms with van der Waals surface area (Å²) in [4.78, 5) is 40.8. The lowest BCUT2D eigenvalue weighted by Gasteiger charge is -2.07. The smallest absolute Gasteiger partial charge is 0.295 e. The minimum absolute atomic E-state index is 0. The van der Waals surface area contributed by atoms with Crippen molar-refractivity contribution in [3.63, 3.8) is 0 Å². The average Bonchev–Trinajstić information content (AvgIpc) is 2.90. The molecule has 0 radical (unpaired) electrons. The number of pyridine rings is 1. The molecule has 2 N–H and O–H groups in total. The topological polar surface area (TPSA) is 98.0 Å². The summed E-state index contributed by atoms with van der Waals surface area (Å²) in [5, 5.41) is 5.10. The van der Waals surface area contributed by atoms with Crippen LogP contribution in [0.15, 0.2) is 59.7 Å². The van der Waals surface area contributed by atoms with Crippen LogP contribution in [0.25, 0.3) is 5.69 Å². The summed E-state index contributed by atoms with van der Waals surface area (Å²) in [5.41, 5.74) is 1.50. The molecule has 0 spiro atoms. The van der Waals surface area contributed by atoms with Gasteiger partial charge >= 0.3 is 0 Å². The van der Waals surface area contributed by atoms with Gasteiger partial charge in [0.2, 0.25) is 5.91 Å². The van der Waals surface area contributed by atoms with Crippen molar-refractivity contribution in [1.29, 1.82) is 0 Å². The third kappa shape index (κ3) is 4.29. The predicted octanol–water partition coefficient (Wildman–Crippen LogP) is 1.67. The lowest BCUT2D eigenvalue weighted by molar-refractivity contribution is -0.115. The van der Waals surface area contributed by atoms with Crippen molar-refractivity contribution in [2.24, 2.45) is 7.05 Å². The second kappa shape index (κ2) is 9.01. The van der Waals surface area contributed by atoms with E-state index >= 15 is 0 Å². The van der Waals surface area contributed by atoms with Crippen molar-refractivity contribution in [2.75, 3.05) is 11.9 Å². The highest BCUT2D eigenvalue weighted by molar-refractivity contribution is 5.99. The summed E-state index contributed by atoms with van der Waals surface area (Å²) in [5.74, 6) is -0.900. The molecule has 0 aliphatic rings. The Morgan fingerprint density at radius 3 is 2.46 bits per heavy atom. The van der Waals surface area contributed by atoms with Gasteiger partial charge in [0.15, 0.2) is 0 Å². The molecule has 0 saturated heterocycles. The van der Waals surface area contributed by atoms with Gasteiger partial charge in [0.1, 0.15) is 5.69 Å². The molecule has 3 rings (SSSR count). The van der Waals surface area contributed by atoms with Crippen LogP contribution in [0.1, 0.15) is 16.1 Å². The summed E-state index contributed by atoms with van der Waals surface area (Å²) in [7, 11) is 1.74. The summed E-state index contributed by atoms with van der Waals surface area (Å²) in [6.45, 7) is 1.48. The Labute approximate surface area is 167 Å². The number of nitrogens with zero attached hydrogens (tertiary/aromatic N) is 3. The summed E-state index contributed by atoms with van der Waals surface area (Å²) >= 11 is 0. The summed E-state index contributed by atoms with van der Waals surface area (Å²) in [6, 6.07) is 12.4. The lowest BCUT2D eigenvalue weighted by Crippen LogP contribution is -2.34. The van der Waals surface area contributed by atoms with Crippen LogP contribution in [-0.2, 0) is 11.8 Å². The lowest BCUT2D eigenvalue weighted by atomic mass is 10.3. The molecule has 3 aromatic rings. The van der Waals surface area contributed by atoms with Gasteiger partial charge in [-0.2, -0.15) is 0 Å². The number of carbonyl (C=O) groups excluding carboxylic acids is 2. The Hall–Kier alpha value is -3.39. The maximum Gasteiger partial charge on any atom is 0.295 e. The first-order valence-corrected chi connectivity index (χ1v) is 8.31. The quantitative estimate of drug-likeness (QED) is 0.679. The molecule has 1 aromatic carbocycles. The number of aromatic nitrogens is 3. The molecular formula is C19H20ClN5O3. The van der Waals surface area contributed by atoms with Gasteiger partial charge in [-0.1, -0.05) is 18.2 Å². The molecule has 8 nitrogen and oxygen atoms in total. The van der Waals surface area contributed by atoms with E-state index in [0.717, 1.165) is 0 Å². The van der Waals surface area contributed by atoms with E-state index in [1.54, 1.807) is 49.1 Å². The third-order valence-corrected chi connectivity index (χ3v) is 4.15. The number of carbonyl (C=O) groups is 2. The van der Waals surface area contributed by atoms with Crippen LogP contribution in [0, 0.1) is 6.92 Å². The zero-order chi connectivity index (χ0) is 19.4. The number of hydrogen-bond acceptors (Lipinski definition) is 4. The fourth-order valence-corrected chi connectivity index (χ4v) is 2.66. The predicted molar refractivity (Wildman–Crippen MR) is 108 cm³/mol. The van der Waals surface area contributed by atoms with Gasteiger partial charge in [0, 0.05) is 19.4 Å². The molecule has 2 aromatic heterocycles. The SMILES string of the molecule is Cc1c(NC(=O)CNC(=O)c2cccnc2)c(=O)n(-c2ccccc2)n1C.Cl. The molecule has 0 aliphatic heterocycles. The molecule has 0 aliphatic carbocycles. The number of nitrogens with one attached hydrogen (secondary N) is 2. The minimum atomic E-state index is -0.488. The Morgan fingerprint density at radius 2 is 1.82 bits per heavy atom.